The number of hydrogen-bond acceptors (Lipinski definition) is 11. The Balaban J connectivity index is 1.74. The first-order chi connectivity index (χ1) is 14.7. The van der Waals surface area contributed by atoms with Crippen molar-refractivity contribution in [2.75, 3.05) is 11.5 Å². The number of rotatable bonds is 7. The van der Waals surface area contributed by atoms with Crippen LogP contribution in [0.4, 0.5) is 5.13 Å². The molecule has 1 aromatic heterocycles. The largest absolute Gasteiger partial charge is 0.477 e. The maximum atomic E-state index is 12.7. The predicted molar refractivity (Wildman–Crippen MR) is 119 cm³/mol. The maximum Gasteiger partial charge on any atom is 0.353 e. The highest BCUT2D eigenvalue weighted by atomic mass is 32.2. The number of thioether (sulfide) groups is 2. The lowest BCUT2D eigenvalue weighted by Gasteiger charge is -2.49. The molecule has 2 atom stereocenters. The van der Waals surface area contributed by atoms with E-state index in [2.05, 4.69) is 20.4 Å². The molecule has 164 valence electrons. The Morgan fingerprint density at radius 3 is 2.81 bits per heavy atom. The van der Waals surface area contributed by atoms with Gasteiger partial charge in [-0.3, -0.25) is 14.5 Å². The summed E-state index contributed by atoms with van der Waals surface area (Å²) >= 11 is 3.48. The summed E-state index contributed by atoms with van der Waals surface area (Å²) in [6, 6.07) is -0.980. The van der Waals surface area contributed by atoms with Crippen LogP contribution in [0.25, 0.3) is 0 Å². The number of nitrogens with zero attached hydrogens (tertiary/aromatic N) is 4. The van der Waals surface area contributed by atoms with E-state index in [0.29, 0.717) is 16.5 Å². The molecule has 0 aromatic carbocycles. The highest BCUT2D eigenvalue weighted by molar-refractivity contribution is 8.08. The molecule has 2 aliphatic rings. The zero-order chi connectivity index (χ0) is 22.7. The first-order valence-corrected chi connectivity index (χ1v) is 11.3. The van der Waals surface area contributed by atoms with Crippen molar-refractivity contribution < 1.29 is 24.7 Å². The Kier molecular flexibility index (Phi) is 6.87. The van der Waals surface area contributed by atoms with E-state index in [1.165, 1.54) is 23.3 Å². The molecule has 0 spiro atoms. The zero-order valence-corrected chi connectivity index (χ0v) is 18.3. The first-order valence-electron chi connectivity index (χ1n) is 8.51. The number of β-lactam (4-membered cyclic amide) rings is 1. The number of fused-ring (bicyclic) bond motifs is 1. The van der Waals surface area contributed by atoms with Gasteiger partial charge in [0.15, 0.2) is 10.8 Å². The summed E-state index contributed by atoms with van der Waals surface area (Å²) in [5.41, 5.74) is 10.5. The monoisotopic (exact) mass is 483 g/mol. The number of oxime groups is 1. The van der Waals surface area contributed by atoms with E-state index in [4.69, 9.17) is 11.5 Å². The fraction of sp³-hybridized carbons (Fsp3) is 0.250. The molecule has 0 aliphatic carbocycles. The Bertz CT molecular complexity index is 1040. The molecule has 15 heteroatoms. The number of carbonyl (C=O) groups excluding carboxylic acids is 2. The number of aromatic nitrogens is 1. The number of carboxylic acids is 1. The lowest BCUT2D eigenvalue weighted by Crippen LogP contribution is -2.71. The second kappa shape index (κ2) is 9.40. The lowest BCUT2D eigenvalue weighted by molar-refractivity contribution is -0.150. The molecule has 1 fully saturated rings. The SMILES string of the molecule is CC(N)=N/C=C/SC1=C(C(=O)O)N2C(=O)C(NC(=O)/C(=N\O)c3csc(N)n3)[C@H]2SC1. The lowest BCUT2D eigenvalue weighted by atomic mass is 10.0. The first kappa shape index (κ1) is 22.6. The number of aliphatic carboxylic acids is 1. The third kappa shape index (κ3) is 4.67. The Hall–Kier alpha value is -3.04. The van der Waals surface area contributed by atoms with Crippen LogP contribution in [0.2, 0.25) is 0 Å². The second-order valence-corrected chi connectivity index (χ2v) is 9.13. The number of amides is 2. The van der Waals surface area contributed by atoms with E-state index < -0.39 is 34.9 Å². The van der Waals surface area contributed by atoms with Crippen molar-refractivity contribution in [3.63, 3.8) is 0 Å². The van der Waals surface area contributed by atoms with Gasteiger partial charge in [0, 0.05) is 22.2 Å². The van der Waals surface area contributed by atoms with Gasteiger partial charge in [0.05, 0.1) is 5.84 Å². The molecular weight excluding hydrogens is 466 g/mol. The van der Waals surface area contributed by atoms with Gasteiger partial charge in [-0.25, -0.2) is 14.8 Å². The molecule has 31 heavy (non-hydrogen) atoms. The van der Waals surface area contributed by atoms with Crippen molar-refractivity contribution in [3.05, 3.63) is 33.3 Å². The Morgan fingerprint density at radius 1 is 1.48 bits per heavy atom. The third-order valence-electron chi connectivity index (χ3n) is 4.05. The third-order valence-corrected chi connectivity index (χ3v) is 7.07. The van der Waals surface area contributed by atoms with Gasteiger partial charge in [-0.2, -0.15) is 0 Å². The quantitative estimate of drug-likeness (QED) is 0.117. The molecular formula is C16H17N7O5S3. The standard InChI is InChI=1S/C16H17N7O5S3/c1-6(17)19-2-3-29-8-5-30-14-10(13(25)23(14)11(8)15(26)27)21-12(24)9(22-28)7-4-31-16(18)20-7/h2-4,10,14,28H,5H2,1H3,(H2,17,19)(H2,18,20)(H,21,24)(H,26,27)/b3-2+,22-9-/t10?,14-/m1/s1. The van der Waals surface area contributed by atoms with Gasteiger partial charge in [0.2, 0.25) is 0 Å². The van der Waals surface area contributed by atoms with Crippen LogP contribution in [0.15, 0.2) is 37.7 Å². The average Bonchev–Trinajstić information content (AvgIpc) is 3.14. The fourth-order valence-electron chi connectivity index (χ4n) is 2.76. The van der Waals surface area contributed by atoms with Crippen LogP contribution in [-0.4, -0.2) is 66.7 Å². The molecule has 3 heterocycles. The number of carboxylic acid groups (broad SMARTS) is 1. The molecule has 2 aliphatic heterocycles. The number of carbonyl (C=O) groups is 3. The summed E-state index contributed by atoms with van der Waals surface area (Å²) in [4.78, 5) is 46.3. The Morgan fingerprint density at radius 2 is 2.23 bits per heavy atom. The molecule has 1 saturated heterocycles. The maximum absolute atomic E-state index is 12.7. The van der Waals surface area contributed by atoms with E-state index >= 15 is 0 Å². The fourth-order valence-corrected chi connectivity index (χ4v) is 5.56. The number of anilines is 1. The van der Waals surface area contributed by atoms with Crippen LogP contribution in [-0.2, 0) is 14.4 Å². The predicted octanol–water partition coefficient (Wildman–Crippen LogP) is 0.181. The van der Waals surface area contributed by atoms with Gasteiger partial charge in [-0.15, -0.1) is 23.1 Å². The zero-order valence-electron chi connectivity index (χ0n) is 15.9. The molecule has 1 aromatic rings. The number of nitrogen functional groups attached to an aromatic ring is 1. The van der Waals surface area contributed by atoms with Gasteiger partial charge < -0.3 is 27.1 Å². The smallest absolute Gasteiger partial charge is 0.353 e. The van der Waals surface area contributed by atoms with E-state index in [1.807, 2.05) is 0 Å². The van der Waals surface area contributed by atoms with Gasteiger partial charge in [0.25, 0.3) is 11.8 Å². The molecule has 0 bridgehead atoms. The van der Waals surface area contributed by atoms with Crippen LogP contribution in [0, 0.1) is 0 Å². The molecule has 1 unspecified atom stereocenters. The number of nitrogens with one attached hydrogen (secondary N) is 1. The number of nitrogens with two attached hydrogens (primary N) is 2. The second-order valence-electron chi connectivity index (χ2n) is 6.13. The highest BCUT2D eigenvalue weighted by Crippen LogP contribution is 2.43. The minimum atomic E-state index is -1.26. The summed E-state index contributed by atoms with van der Waals surface area (Å²) < 4.78 is 0. The van der Waals surface area contributed by atoms with Crippen LogP contribution in [0.3, 0.4) is 0 Å². The van der Waals surface area contributed by atoms with E-state index in [9.17, 15) is 24.7 Å². The number of thiazole rings is 1. The molecule has 0 radical (unpaired) electrons. The van der Waals surface area contributed by atoms with Crippen LogP contribution < -0.4 is 16.8 Å². The summed E-state index contributed by atoms with van der Waals surface area (Å²) in [6.07, 6.45) is 1.44. The number of amidine groups is 1. The minimum Gasteiger partial charge on any atom is -0.477 e. The minimum absolute atomic E-state index is 0.0643. The van der Waals surface area contributed by atoms with Crippen molar-refractivity contribution in [3.8, 4) is 0 Å². The van der Waals surface area contributed by atoms with Gasteiger partial charge in [-0.1, -0.05) is 16.9 Å². The number of hydrogen-bond donors (Lipinski definition) is 5. The molecule has 2 amide bonds. The van der Waals surface area contributed by atoms with Crippen molar-refractivity contribution in [1.82, 2.24) is 15.2 Å². The van der Waals surface area contributed by atoms with Crippen LogP contribution in [0.1, 0.15) is 12.6 Å². The van der Waals surface area contributed by atoms with E-state index in [-0.39, 0.29) is 16.5 Å². The molecule has 7 N–H and O–H groups in total. The van der Waals surface area contributed by atoms with Crippen molar-refractivity contribution in [1.29, 1.82) is 0 Å². The van der Waals surface area contributed by atoms with Gasteiger partial charge in [0.1, 0.15) is 22.8 Å². The molecule has 0 saturated carbocycles. The van der Waals surface area contributed by atoms with E-state index in [1.54, 1.807) is 12.3 Å². The van der Waals surface area contributed by atoms with Crippen molar-refractivity contribution >= 4 is 69.3 Å². The van der Waals surface area contributed by atoms with Gasteiger partial charge in [-0.05, 0) is 12.3 Å². The summed E-state index contributed by atoms with van der Waals surface area (Å²) in [6.45, 7) is 1.61. The Labute approximate surface area is 188 Å². The summed E-state index contributed by atoms with van der Waals surface area (Å²) in [5, 5.41) is 26.8. The summed E-state index contributed by atoms with van der Waals surface area (Å²) in [5.74, 6) is -2.01. The van der Waals surface area contributed by atoms with Gasteiger partial charge >= 0.3 is 5.97 Å². The average molecular weight is 484 g/mol. The normalized spacial score (nSPS) is 21.8. The van der Waals surface area contributed by atoms with Crippen LogP contribution >= 0.6 is 34.9 Å². The molecule has 12 nitrogen and oxygen atoms in total. The highest BCUT2D eigenvalue weighted by Gasteiger charge is 2.54. The number of aliphatic imine (C=N–C) groups is 1. The topological polar surface area (TPSA) is 197 Å². The summed E-state index contributed by atoms with van der Waals surface area (Å²) in [7, 11) is 0. The van der Waals surface area contributed by atoms with E-state index in [0.717, 1.165) is 28.0 Å². The van der Waals surface area contributed by atoms with Crippen molar-refractivity contribution in [2.45, 2.75) is 18.3 Å². The van der Waals surface area contributed by atoms with Crippen molar-refractivity contribution in [2.24, 2.45) is 15.9 Å². The molecule has 3 rings (SSSR count). The van der Waals surface area contributed by atoms with Crippen LogP contribution in [0.5, 0.6) is 0 Å².